The molecule has 1 aromatic rings. The molecule has 0 radical (unpaired) electrons. The molecule has 1 fully saturated rings. The number of phenolic OH excluding ortho intramolecular Hbond substituents is 1. The summed E-state index contributed by atoms with van der Waals surface area (Å²) in [5.41, 5.74) is 0.781. The van der Waals surface area contributed by atoms with Crippen LogP contribution in [-0.4, -0.2) is 23.3 Å². The molecule has 0 amide bonds. The largest absolute Gasteiger partial charge is 0.503 e. The average molecular weight is 315 g/mol. The van der Waals surface area contributed by atoms with Gasteiger partial charge in [-0.1, -0.05) is 6.07 Å². The second kappa shape index (κ2) is 5.18. The molecule has 2 N–H and O–H groups in total. The average Bonchev–Trinajstić information content (AvgIpc) is 3.13. The van der Waals surface area contributed by atoms with E-state index in [9.17, 15) is 9.90 Å². The molecule has 98 valence electrons. The topological polar surface area (TPSA) is 66.8 Å². The lowest BCUT2D eigenvalue weighted by molar-refractivity contribution is -0.137. The van der Waals surface area contributed by atoms with E-state index in [-0.39, 0.29) is 18.1 Å². The first kappa shape index (κ1) is 13.2. The number of halogens is 1. The van der Waals surface area contributed by atoms with Crippen LogP contribution in [0.2, 0.25) is 0 Å². The molecule has 0 spiro atoms. The Hall–Kier alpha value is -1.23. The molecule has 0 heterocycles. The standard InChI is InChI=1S/C13H15BrO4/c1-18-13-8(4-5-10(14)12(13)17)9(6-11(15)16)7-2-3-7/h4-5,7,9,17H,2-3,6H2,1H3,(H,15,16). The molecule has 1 atom stereocenters. The Bertz CT molecular complexity index is 468. The number of phenols is 1. The maximum atomic E-state index is 11.0. The summed E-state index contributed by atoms with van der Waals surface area (Å²) in [6, 6.07) is 3.55. The van der Waals surface area contributed by atoms with Gasteiger partial charge in [-0.15, -0.1) is 0 Å². The van der Waals surface area contributed by atoms with Crippen LogP contribution in [0.25, 0.3) is 0 Å². The van der Waals surface area contributed by atoms with Gasteiger partial charge in [0.1, 0.15) is 0 Å². The highest BCUT2D eigenvalue weighted by Gasteiger charge is 2.36. The second-order valence-corrected chi connectivity index (χ2v) is 5.41. The van der Waals surface area contributed by atoms with Crippen molar-refractivity contribution in [1.82, 2.24) is 0 Å². The van der Waals surface area contributed by atoms with Crippen LogP contribution in [0.5, 0.6) is 11.5 Å². The highest BCUT2D eigenvalue weighted by molar-refractivity contribution is 9.10. The Labute approximate surface area is 114 Å². The predicted molar refractivity (Wildman–Crippen MR) is 70.1 cm³/mol. The fourth-order valence-corrected chi connectivity index (χ4v) is 2.60. The van der Waals surface area contributed by atoms with Gasteiger partial charge in [-0.2, -0.15) is 0 Å². The van der Waals surface area contributed by atoms with E-state index >= 15 is 0 Å². The van der Waals surface area contributed by atoms with Crippen molar-refractivity contribution in [3.63, 3.8) is 0 Å². The third kappa shape index (κ3) is 2.61. The zero-order valence-corrected chi connectivity index (χ0v) is 11.6. The molecule has 0 aromatic heterocycles. The van der Waals surface area contributed by atoms with E-state index in [0.29, 0.717) is 16.1 Å². The number of carbonyl (C=O) groups is 1. The van der Waals surface area contributed by atoms with Crippen LogP contribution in [0.4, 0.5) is 0 Å². The summed E-state index contributed by atoms with van der Waals surface area (Å²) in [4.78, 5) is 11.0. The fourth-order valence-electron chi connectivity index (χ4n) is 2.29. The Morgan fingerprint density at radius 2 is 2.22 bits per heavy atom. The molecule has 5 heteroatoms. The van der Waals surface area contributed by atoms with Gasteiger partial charge in [0, 0.05) is 11.5 Å². The molecule has 4 nitrogen and oxygen atoms in total. The van der Waals surface area contributed by atoms with Crippen molar-refractivity contribution in [1.29, 1.82) is 0 Å². The smallest absolute Gasteiger partial charge is 0.303 e. The monoisotopic (exact) mass is 314 g/mol. The van der Waals surface area contributed by atoms with Crippen molar-refractivity contribution in [3.05, 3.63) is 22.2 Å². The van der Waals surface area contributed by atoms with Crippen molar-refractivity contribution in [2.24, 2.45) is 5.92 Å². The van der Waals surface area contributed by atoms with E-state index < -0.39 is 5.97 Å². The predicted octanol–water partition coefficient (Wildman–Crippen LogP) is 3.13. The highest BCUT2D eigenvalue weighted by atomic mass is 79.9. The number of carboxylic acids is 1. The molecule has 1 aromatic carbocycles. The molecular formula is C13H15BrO4. The lowest BCUT2D eigenvalue weighted by Crippen LogP contribution is -2.09. The minimum Gasteiger partial charge on any atom is -0.503 e. The van der Waals surface area contributed by atoms with Crippen LogP contribution in [0.1, 0.15) is 30.7 Å². The fraction of sp³-hybridized carbons (Fsp3) is 0.462. The van der Waals surface area contributed by atoms with Crippen LogP contribution in [0.3, 0.4) is 0 Å². The van der Waals surface area contributed by atoms with Crippen molar-refractivity contribution in [3.8, 4) is 11.5 Å². The molecule has 0 aliphatic heterocycles. The number of carboxylic acid groups (broad SMARTS) is 1. The van der Waals surface area contributed by atoms with Crippen molar-refractivity contribution >= 4 is 21.9 Å². The summed E-state index contributed by atoms with van der Waals surface area (Å²) < 4.78 is 5.77. The minimum absolute atomic E-state index is 0.0334. The molecule has 0 bridgehead atoms. The summed E-state index contributed by atoms with van der Waals surface area (Å²) in [6.45, 7) is 0. The Morgan fingerprint density at radius 3 is 2.72 bits per heavy atom. The Balaban J connectivity index is 2.40. The van der Waals surface area contributed by atoms with Gasteiger partial charge in [0.15, 0.2) is 11.5 Å². The summed E-state index contributed by atoms with van der Waals surface area (Å²) in [6.07, 6.45) is 2.15. The molecule has 1 saturated carbocycles. The zero-order valence-electron chi connectivity index (χ0n) is 10.0. The zero-order chi connectivity index (χ0) is 13.3. The van der Waals surface area contributed by atoms with E-state index in [1.807, 2.05) is 6.07 Å². The van der Waals surface area contributed by atoms with Crippen LogP contribution < -0.4 is 4.74 Å². The van der Waals surface area contributed by atoms with Gasteiger partial charge in [0.2, 0.25) is 0 Å². The normalized spacial score (nSPS) is 16.3. The van der Waals surface area contributed by atoms with Gasteiger partial charge in [-0.05, 0) is 40.8 Å². The third-order valence-corrected chi connectivity index (χ3v) is 3.94. The summed E-state index contributed by atoms with van der Waals surface area (Å²) in [7, 11) is 1.48. The molecule has 18 heavy (non-hydrogen) atoms. The Kier molecular flexibility index (Phi) is 3.80. The SMILES string of the molecule is COc1c(C(CC(=O)O)C2CC2)ccc(Br)c1O. The van der Waals surface area contributed by atoms with Crippen molar-refractivity contribution < 1.29 is 19.7 Å². The molecule has 2 rings (SSSR count). The summed E-state index contributed by atoms with van der Waals surface area (Å²) in [5.74, 6) is -0.114. The Morgan fingerprint density at radius 1 is 1.56 bits per heavy atom. The van der Waals surface area contributed by atoms with Crippen molar-refractivity contribution in [2.75, 3.05) is 7.11 Å². The number of methoxy groups -OCH3 is 1. The number of aromatic hydroxyl groups is 1. The summed E-state index contributed by atoms with van der Waals surface area (Å²) >= 11 is 3.23. The first-order chi connectivity index (χ1) is 8.54. The number of aliphatic carboxylic acids is 1. The van der Waals surface area contributed by atoms with E-state index in [1.165, 1.54) is 7.11 Å². The number of hydrogen-bond acceptors (Lipinski definition) is 3. The van der Waals surface area contributed by atoms with E-state index in [2.05, 4.69) is 15.9 Å². The summed E-state index contributed by atoms with van der Waals surface area (Å²) in [5, 5.41) is 18.9. The van der Waals surface area contributed by atoms with Crippen molar-refractivity contribution in [2.45, 2.75) is 25.2 Å². The number of rotatable bonds is 5. The number of ether oxygens (including phenoxy) is 1. The molecular weight excluding hydrogens is 300 g/mol. The van der Waals surface area contributed by atoms with Gasteiger partial charge in [0.25, 0.3) is 0 Å². The molecule has 1 unspecified atom stereocenters. The van der Waals surface area contributed by atoms with Gasteiger partial charge >= 0.3 is 5.97 Å². The highest BCUT2D eigenvalue weighted by Crippen LogP contribution is 2.50. The molecule has 1 aliphatic rings. The van der Waals surface area contributed by atoms with E-state index in [0.717, 1.165) is 18.4 Å². The van der Waals surface area contributed by atoms with Crippen LogP contribution in [0.15, 0.2) is 16.6 Å². The first-order valence-corrected chi connectivity index (χ1v) is 6.61. The van der Waals surface area contributed by atoms with E-state index in [4.69, 9.17) is 9.84 Å². The third-order valence-electron chi connectivity index (χ3n) is 3.30. The second-order valence-electron chi connectivity index (χ2n) is 4.56. The van der Waals surface area contributed by atoms with Crippen LogP contribution >= 0.6 is 15.9 Å². The minimum atomic E-state index is -0.823. The van der Waals surface area contributed by atoms with Crippen LogP contribution in [0, 0.1) is 5.92 Å². The number of hydrogen-bond donors (Lipinski definition) is 2. The quantitative estimate of drug-likeness (QED) is 0.876. The maximum absolute atomic E-state index is 11.0. The number of benzene rings is 1. The van der Waals surface area contributed by atoms with Gasteiger partial charge < -0.3 is 14.9 Å². The first-order valence-electron chi connectivity index (χ1n) is 5.81. The van der Waals surface area contributed by atoms with Gasteiger partial charge in [-0.3, -0.25) is 4.79 Å². The molecule has 1 aliphatic carbocycles. The van der Waals surface area contributed by atoms with Gasteiger partial charge in [-0.25, -0.2) is 0 Å². The van der Waals surface area contributed by atoms with Crippen LogP contribution in [-0.2, 0) is 4.79 Å². The van der Waals surface area contributed by atoms with E-state index in [1.54, 1.807) is 6.07 Å². The lowest BCUT2D eigenvalue weighted by Gasteiger charge is -2.19. The van der Waals surface area contributed by atoms with Gasteiger partial charge in [0.05, 0.1) is 18.0 Å². The lowest BCUT2D eigenvalue weighted by atomic mass is 9.90. The molecule has 0 saturated heterocycles. The maximum Gasteiger partial charge on any atom is 0.303 e.